The smallest absolute Gasteiger partial charge is 0.231 e. The van der Waals surface area contributed by atoms with Gasteiger partial charge in [-0.25, -0.2) is 0 Å². The molecule has 7 heteroatoms. The van der Waals surface area contributed by atoms with Crippen molar-refractivity contribution in [2.45, 2.75) is 63.8 Å². The molecular formula is C18H26N4O3. The van der Waals surface area contributed by atoms with E-state index < -0.39 is 0 Å². The number of carbonyl (C=O) groups is 2. The summed E-state index contributed by atoms with van der Waals surface area (Å²) in [5.74, 6) is 1.47. The predicted molar refractivity (Wildman–Crippen MR) is 89.7 cm³/mol. The second-order valence-electron chi connectivity index (χ2n) is 7.69. The molecule has 0 spiro atoms. The second kappa shape index (κ2) is 6.77. The number of nitrogens with zero attached hydrogens (tertiary/aromatic N) is 4. The summed E-state index contributed by atoms with van der Waals surface area (Å²) < 4.78 is 5.30. The van der Waals surface area contributed by atoms with Crippen LogP contribution in [0.5, 0.6) is 0 Å². The minimum absolute atomic E-state index is 0.113. The Balaban J connectivity index is 1.39. The standard InChI is InChI=1S/C18H26N4O3/c1-12-19-17(25-20-12)13-5-4-8-21(10-13)18(24)14-9-16(23)22(11-14)15-6-2-3-7-15/h13-15H,2-11H2,1H3/t13-,14-/m0/s1. The molecule has 2 aliphatic heterocycles. The van der Waals surface area contributed by atoms with Crippen LogP contribution in [0.2, 0.25) is 0 Å². The van der Waals surface area contributed by atoms with Crippen LogP contribution in [0.3, 0.4) is 0 Å². The molecule has 1 aliphatic carbocycles. The van der Waals surface area contributed by atoms with Gasteiger partial charge in [-0.05, 0) is 32.6 Å². The summed E-state index contributed by atoms with van der Waals surface area (Å²) in [7, 11) is 0. The SMILES string of the molecule is Cc1noc([C@H]2CCCN(C(=O)[C@H]3CC(=O)N(C4CCCC4)C3)C2)n1. The lowest BCUT2D eigenvalue weighted by atomic mass is 9.96. The largest absolute Gasteiger partial charge is 0.342 e. The topological polar surface area (TPSA) is 79.5 Å². The van der Waals surface area contributed by atoms with Crippen molar-refractivity contribution in [3.8, 4) is 0 Å². The minimum Gasteiger partial charge on any atom is -0.342 e. The summed E-state index contributed by atoms with van der Waals surface area (Å²) >= 11 is 0. The fourth-order valence-corrected chi connectivity index (χ4v) is 4.58. The number of hydrogen-bond donors (Lipinski definition) is 0. The number of carbonyl (C=O) groups excluding carboxylic acids is 2. The van der Waals surface area contributed by atoms with E-state index in [1.54, 1.807) is 6.92 Å². The highest BCUT2D eigenvalue weighted by atomic mass is 16.5. The summed E-state index contributed by atoms with van der Waals surface area (Å²) in [4.78, 5) is 33.5. The summed E-state index contributed by atoms with van der Waals surface area (Å²) in [6.07, 6.45) is 6.85. The normalized spacial score (nSPS) is 28.1. The molecule has 1 aromatic heterocycles. The lowest BCUT2D eigenvalue weighted by Crippen LogP contribution is -2.43. The zero-order valence-corrected chi connectivity index (χ0v) is 14.8. The molecule has 2 saturated heterocycles. The average Bonchev–Trinajstić information content (AvgIpc) is 3.35. The van der Waals surface area contributed by atoms with Gasteiger partial charge < -0.3 is 14.3 Å². The van der Waals surface area contributed by atoms with E-state index >= 15 is 0 Å². The molecule has 1 saturated carbocycles. The molecule has 25 heavy (non-hydrogen) atoms. The molecule has 2 amide bonds. The molecule has 0 unspecified atom stereocenters. The third-order valence-corrected chi connectivity index (χ3v) is 5.90. The third-order valence-electron chi connectivity index (χ3n) is 5.90. The summed E-state index contributed by atoms with van der Waals surface area (Å²) in [6, 6.07) is 0.362. The minimum atomic E-state index is -0.184. The van der Waals surface area contributed by atoms with Crippen LogP contribution in [0.15, 0.2) is 4.52 Å². The lowest BCUT2D eigenvalue weighted by Gasteiger charge is -2.33. The quantitative estimate of drug-likeness (QED) is 0.835. The second-order valence-corrected chi connectivity index (χ2v) is 7.69. The predicted octanol–water partition coefficient (Wildman–Crippen LogP) is 1.88. The van der Waals surface area contributed by atoms with Gasteiger partial charge in [-0.15, -0.1) is 0 Å². The van der Waals surface area contributed by atoms with E-state index in [9.17, 15) is 9.59 Å². The van der Waals surface area contributed by atoms with E-state index in [-0.39, 0.29) is 23.7 Å². The Morgan fingerprint density at radius 1 is 1.16 bits per heavy atom. The maximum atomic E-state index is 13.0. The van der Waals surface area contributed by atoms with E-state index in [4.69, 9.17) is 4.52 Å². The fourth-order valence-electron chi connectivity index (χ4n) is 4.58. The van der Waals surface area contributed by atoms with Gasteiger partial charge >= 0.3 is 0 Å². The van der Waals surface area contributed by atoms with E-state index in [1.807, 2.05) is 9.80 Å². The van der Waals surface area contributed by atoms with Gasteiger partial charge in [0.2, 0.25) is 17.7 Å². The van der Waals surface area contributed by atoms with Gasteiger partial charge in [0, 0.05) is 32.1 Å². The molecule has 0 bridgehead atoms. The van der Waals surface area contributed by atoms with Crippen molar-refractivity contribution in [1.82, 2.24) is 19.9 Å². The molecule has 1 aromatic rings. The Morgan fingerprint density at radius 3 is 2.68 bits per heavy atom. The van der Waals surface area contributed by atoms with Crippen LogP contribution in [0.4, 0.5) is 0 Å². The number of aryl methyl sites for hydroxylation is 1. The van der Waals surface area contributed by atoms with Crippen molar-refractivity contribution in [3.63, 3.8) is 0 Å². The van der Waals surface area contributed by atoms with Crippen molar-refractivity contribution >= 4 is 11.8 Å². The molecule has 0 aromatic carbocycles. The fraction of sp³-hybridized carbons (Fsp3) is 0.778. The van der Waals surface area contributed by atoms with Crippen molar-refractivity contribution < 1.29 is 14.1 Å². The van der Waals surface area contributed by atoms with E-state index in [0.717, 1.165) is 32.2 Å². The number of piperidine rings is 1. The van der Waals surface area contributed by atoms with Gasteiger partial charge in [0.05, 0.1) is 11.8 Å². The lowest BCUT2D eigenvalue weighted by molar-refractivity contribution is -0.137. The molecule has 3 heterocycles. The van der Waals surface area contributed by atoms with E-state index in [1.165, 1.54) is 12.8 Å². The first-order valence-electron chi connectivity index (χ1n) is 9.50. The number of aromatic nitrogens is 2. The Bertz CT molecular complexity index is 653. The molecule has 3 fully saturated rings. The highest BCUT2D eigenvalue weighted by molar-refractivity contribution is 5.89. The maximum Gasteiger partial charge on any atom is 0.231 e. The van der Waals surface area contributed by atoms with Crippen LogP contribution < -0.4 is 0 Å². The van der Waals surface area contributed by atoms with Crippen molar-refractivity contribution in [2.75, 3.05) is 19.6 Å². The van der Waals surface area contributed by atoms with Crippen molar-refractivity contribution in [1.29, 1.82) is 0 Å². The van der Waals surface area contributed by atoms with Gasteiger partial charge in [-0.1, -0.05) is 18.0 Å². The van der Waals surface area contributed by atoms with Crippen LogP contribution >= 0.6 is 0 Å². The Hall–Kier alpha value is -1.92. The molecule has 136 valence electrons. The molecule has 0 radical (unpaired) electrons. The van der Waals surface area contributed by atoms with E-state index in [2.05, 4.69) is 10.1 Å². The highest BCUT2D eigenvalue weighted by Gasteiger charge is 2.41. The van der Waals surface area contributed by atoms with E-state index in [0.29, 0.717) is 37.3 Å². The maximum absolute atomic E-state index is 13.0. The first-order valence-corrected chi connectivity index (χ1v) is 9.50. The first-order chi connectivity index (χ1) is 12.1. The zero-order chi connectivity index (χ0) is 17.4. The van der Waals surface area contributed by atoms with Crippen molar-refractivity contribution in [3.05, 3.63) is 11.7 Å². The van der Waals surface area contributed by atoms with Gasteiger partial charge in [-0.3, -0.25) is 9.59 Å². The van der Waals surface area contributed by atoms with Crippen LogP contribution in [0.25, 0.3) is 0 Å². The van der Waals surface area contributed by atoms with Crippen LogP contribution in [-0.4, -0.2) is 57.4 Å². The van der Waals surface area contributed by atoms with Crippen molar-refractivity contribution in [2.24, 2.45) is 5.92 Å². The van der Waals surface area contributed by atoms with Crippen LogP contribution in [0.1, 0.15) is 62.6 Å². The summed E-state index contributed by atoms with van der Waals surface area (Å²) in [6.45, 7) is 3.79. The van der Waals surface area contributed by atoms with Crippen LogP contribution in [0, 0.1) is 12.8 Å². The Kier molecular flexibility index (Phi) is 4.48. The Morgan fingerprint density at radius 2 is 1.96 bits per heavy atom. The molecule has 2 atom stereocenters. The number of likely N-dealkylation sites (tertiary alicyclic amines) is 2. The first kappa shape index (κ1) is 16.5. The van der Waals surface area contributed by atoms with Gasteiger partial charge in [0.25, 0.3) is 0 Å². The Labute approximate surface area is 147 Å². The average molecular weight is 346 g/mol. The number of amides is 2. The molecule has 3 aliphatic rings. The number of rotatable bonds is 3. The molecular weight excluding hydrogens is 320 g/mol. The summed E-state index contributed by atoms with van der Waals surface area (Å²) in [5, 5.41) is 3.86. The van der Waals surface area contributed by atoms with Crippen LogP contribution in [-0.2, 0) is 9.59 Å². The zero-order valence-electron chi connectivity index (χ0n) is 14.8. The highest BCUT2D eigenvalue weighted by Crippen LogP contribution is 2.32. The van der Waals surface area contributed by atoms with Gasteiger partial charge in [0.1, 0.15) is 0 Å². The third kappa shape index (κ3) is 3.28. The molecule has 0 N–H and O–H groups in total. The van der Waals surface area contributed by atoms with Gasteiger partial charge in [-0.2, -0.15) is 4.98 Å². The number of hydrogen-bond acceptors (Lipinski definition) is 5. The van der Waals surface area contributed by atoms with Gasteiger partial charge in [0.15, 0.2) is 5.82 Å². The molecule has 4 rings (SSSR count). The summed E-state index contributed by atoms with van der Waals surface area (Å²) in [5.41, 5.74) is 0. The molecule has 7 nitrogen and oxygen atoms in total. The monoisotopic (exact) mass is 346 g/mol.